The molecule has 29 heavy (non-hydrogen) atoms. The summed E-state index contributed by atoms with van der Waals surface area (Å²) in [7, 11) is 0. The monoisotopic (exact) mass is 436 g/mol. The molecule has 2 aromatic heterocycles. The second-order valence-corrected chi connectivity index (χ2v) is 7.00. The lowest BCUT2D eigenvalue weighted by Crippen LogP contribution is -2.33. The lowest BCUT2D eigenvalue weighted by atomic mass is 10.1. The van der Waals surface area contributed by atoms with E-state index in [4.69, 9.17) is 33.3 Å². The molecule has 0 saturated carbocycles. The van der Waals surface area contributed by atoms with E-state index < -0.39 is 11.2 Å². The Balaban J connectivity index is 2.05. The molecular weight excluding hydrogens is 423 g/mol. The summed E-state index contributed by atoms with van der Waals surface area (Å²) in [6.07, 6.45) is 0.712. The predicted octanol–water partition coefficient (Wildman–Crippen LogP) is 2.22. The first-order valence-electron chi connectivity index (χ1n) is 8.22. The summed E-state index contributed by atoms with van der Waals surface area (Å²) in [5.74, 6) is 0.0741. The number of benzene rings is 1. The number of H-pyrrole nitrogens is 2. The topological polar surface area (TPSA) is 147 Å². The normalized spacial score (nSPS) is 10.9. The number of aromatic nitrogens is 5. The summed E-state index contributed by atoms with van der Waals surface area (Å²) in [6, 6.07) is 4.17. The van der Waals surface area contributed by atoms with Crippen LogP contribution in [-0.2, 0) is 0 Å². The van der Waals surface area contributed by atoms with Crippen LogP contribution in [0.3, 0.4) is 0 Å². The second-order valence-electron chi connectivity index (χ2n) is 6.19. The number of halogens is 2. The fraction of sp³-hybridized carbons (Fsp3) is 0.176. The van der Waals surface area contributed by atoms with E-state index in [9.17, 15) is 14.4 Å². The van der Waals surface area contributed by atoms with E-state index in [-0.39, 0.29) is 44.5 Å². The van der Waals surface area contributed by atoms with E-state index in [1.165, 1.54) is 18.2 Å². The molecule has 150 valence electrons. The molecule has 0 amide bonds. The number of hydrogen-bond donors (Lipinski definition) is 3. The van der Waals surface area contributed by atoms with Crippen LogP contribution in [0.1, 0.15) is 31.0 Å². The van der Waals surface area contributed by atoms with Gasteiger partial charge in [0.05, 0.1) is 21.9 Å². The van der Waals surface area contributed by atoms with E-state index in [0.717, 1.165) is 4.68 Å². The summed E-state index contributed by atoms with van der Waals surface area (Å²) < 4.78 is 6.47. The molecule has 10 nitrogen and oxygen atoms in total. The van der Waals surface area contributed by atoms with Crippen LogP contribution in [0.2, 0.25) is 10.0 Å². The number of hydrogen-bond acceptors (Lipinski definition) is 7. The van der Waals surface area contributed by atoms with Crippen molar-refractivity contribution in [3.63, 3.8) is 0 Å². The summed E-state index contributed by atoms with van der Waals surface area (Å²) in [5, 5.41) is 17.2. The zero-order valence-corrected chi connectivity index (χ0v) is 16.6. The minimum atomic E-state index is -0.828. The van der Waals surface area contributed by atoms with Crippen molar-refractivity contribution in [3.8, 4) is 17.3 Å². The van der Waals surface area contributed by atoms with Crippen LogP contribution in [0.25, 0.3) is 5.69 Å². The van der Waals surface area contributed by atoms with Gasteiger partial charge in [0, 0.05) is 11.6 Å². The fourth-order valence-corrected chi connectivity index (χ4v) is 2.99. The third-order valence-electron chi connectivity index (χ3n) is 3.85. The number of aromatic amines is 2. The molecule has 0 radical (unpaired) electrons. The molecule has 3 aromatic rings. The quantitative estimate of drug-likeness (QED) is 0.522. The smallest absolute Gasteiger partial charge is 0.349 e. The van der Waals surface area contributed by atoms with Crippen LogP contribution in [0.5, 0.6) is 11.6 Å². The van der Waals surface area contributed by atoms with Gasteiger partial charge in [0.2, 0.25) is 5.88 Å². The molecule has 0 bridgehead atoms. The average Bonchev–Trinajstić information content (AvgIpc) is 2.65. The molecule has 0 aliphatic carbocycles. The number of nitrogens with zero attached hydrogens (tertiary/aromatic N) is 3. The Labute approximate surface area is 172 Å². The molecule has 0 aliphatic heterocycles. The van der Waals surface area contributed by atoms with Crippen molar-refractivity contribution in [3.05, 3.63) is 70.7 Å². The minimum absolute atomic E-state index is 0.0305. The third kappa shape index (κ3) is 4.13. The van der Waals surface area contributed by atoms with Crippen molar-refractivity contribution >= 4 is 29.4 Å². The van der Waals surface area contributed by atoms with E-state index in [1.807, 2.05) is 18.8 Å². The van der Waals surface area contributed by atoms with Crippen LogP contribution >= 0.6 is 23.2 Å². The SMILES string of the molecule is CC(C)c1cc(Oc2c(Cl)cc(-n3nc(C=N)c(=O)[nH]c3=O)cc2Cl)n[nH]c1=O. The molecule has 0 atom stereocenters. The third-order valence-corrected chi connectivity index (χ3v) is 4.42. The summed E-state index contributed by atoms with van der Waals surface area (Å²) in [4.78, 5) is 37.5. The lowest BCUT2D eigenvalue weighted by molar-refractivity contribution is 0.452. The van der Waals surface area contributed by atoms with Crippen LogP contribution < -0.4 is 21.5 Å². The maximum Gasteiger partial charge on any atom is 0.349 e. The molecule has 2 heterocycles. The van der Waals surface area contributed by atoms with Gasteiger partial charge in [-0.3, -0.25) is 14.6 Å². The standard InChI is InChI=1S/C17H14Cl2N6O4/c1-7(2)9-5-13(22-23-15(9)26)29-14-10(18)3-8(4-11(14)19)25-17(28)21-16(27)12(6-20)24-25/h3-7,20H,1-2H3,(H,23,26)(H,21,27,28). The molecule has 12 heteroatoms. The van der Waals surface area contributed by atoms with Gasteiger partial charge in [-0.1, -0.05) is 37.0 Å². The summed E-state index contributed by atoms with van der Waals surface area (Å²) in [6.45, 7) is 3.70. The van der Waals surface area contributed by atoms with Gasteiger partial charge in [-0.2, -0.15) is 9.78 Å². The maximum atomic E-state index is 12.0. The zero-order chi connectivity index (χ0) is 21.3. The van der Waals surface area contributed by atoms with Crippen molar-refractivity contribution in [2.75, 3.05) is 0 Å². The van der Waals surface area contributed by atoms with E-state index in [1.54, 1.807) is 0 Å². The fourth-order valence-electron chi connectivity index (χ4n) is 2.44. The Morgan fingerprint density at radius 1 is 1.14 bits per heavy atom. The molecule has 1 aromatic carbocycles. The van der Waals surface area contributed by atoms with Crippen LogP contribution in [0, 0.1) is 5.41 Å². The highest BCUT2D eigenvalue weighted by atomic mass is 35.5. The lowest BCUT2D eigenvalue weighted by Gasteiger charge is -2.12. The summed E-state index contributed by atoms with van der Waals surface area (Å²) in [5.41, 5.74) is -1.59. The first-order chi connectivity index (χ1) is 13.7. The number of nitrogens with one attached hydrogen (secondary N) is 3. The van der Waals surface area contributed by atoms with E-state index >= 15 is 0 Å². The van der Waals surface area contributed by atoms with Crippen molar-refractivity contribution in [1.29, 1.82) is 5.41 Å². The second kappa shape index (κ2) is 8.02. The highest BCUT2D eigenvalue weighted by molar-refractivity contribution is 6.37. The first kappa shape index (κ1) is 20.5. The average molecular weight is 437 g/mol. The van der Waals surface area contributed by atoms with Gasteiger partial charge >= 0.3 is 5.69 Å². The highest BCUT2D eigenvalue weighted by Gasteiger charge is 2.16. The maximum absolute atomic E-state index is 12.0. The Kier molecular flexibility index (Phi) is 5.66. The van der Waals surface area contributed by atoms with Crippen molar-refractivity contribution in [2.24, 2.45) is 0 Å². The van der Waals surface area contributed by atoms with Gasteiger partial charge in [-0.15, -0.1) is 5.10 Å². The largest absolute Gasteiger partial charge is 0.434 e. The van der Waals surface area contributed by atoms with Gasteiger partial charge in [-0.25, -0.2) is 9.89 Å². The number of ether oxygens (including phenoxy) is 1. The zero-order valence-electron chi connectivity index (χ0n) is 15.1. The van der Waals surface area contributed by atoms with Crippen molar-refractivity contribution < 1.29 is 4.74 Å². The Bertz CT molecular complexity index is 1250. The van der Waals surface area contributed by atoms with Gasteiger partial charge in [0.25, 0.3) is 11.1 Å². The Hall–Kier alpha value is -3.24. The molecular formula is C17H14Cl2N6O4. The summed E-state index contributed by atoms with van der Waals surface area (Å²) >= 11 is 12.5. The molecule has 0 saturated heterocycles. The van der Waals surface area contributed by atoms with Gasteiger partial charge in [0.15, 0.2) is 11.4 Å². The molecule has 0 spiro atoms. The van der Waals surface area contributed by atoms with Crippen molar-refractivity contribution in [1.82, 2.24) is 25.0 Å². The molecule has 0 unspecified atom stereocenters. The van der Waals surface area contributed by atoms with E-state index in [0.29, 0.717) is 11.8 Å². The number of rotatable bonds is 5. The predicted molar refractivity (Wildman–Crippen MR) is 107 cm³/mol. The molecule has 3 rings (SSSR count). The first-order valence-corrected chi connectivity index (χ1v) is 8.98. The van der Waals surface area contributed by atoms with Crippen LogP contribution in [0.4, 0.5) is 0 Å². The van der Waals surface area contributed by atoms with E-state index in [2.05, 4.69) is 15.3 Å². The van der Waals surface area contributed by atoms with Gasteiger partial charge in [-0.05, 0) is 18.1 Å². The van der Waals surface area contributed by atoms with Gasteiger partial charge < -0.3 is 10.1 Å². The molecule has 3 N–H and O–H groups in total. The van der Waals surface area contributed by atoms with Gasteiger partial charge in [0.1, 0.15) is 0 Å². The molecule has 0 fully saturated rings. The Morgan fingerprint density at radius 3 is 2.38 bits per heavy atom. The van der Waals surface area contributed by atoms with Crippen LogP contribution in [0.15, 0.2) is 32.6 Å². The highest BCUT2D eigenvalue weighted by Crippen LogP contribution is 2.37. The van der Waals surface area contributed by atoms with Crippen molar-refractivity contribution in [2.45, 2.75) is 19.8 Å². The minimum Gasteiger partial charge on any atom is -0.434 e. The van der Waals surface area contributed by atoms with Crippen LogP contribution in [-0.4, -0.2) is 31.2 Å². The molecule has 0 aliphatic rings. The Morgan fingerprint density at radius 2 is 1.79 bits per heavy atom.